The Kier molecular flexibility index (Phi) is 13.7. The van der Waals surface area contributed by atoms with Crippen LogP contribution >= 0.6 is 0 Å². The van der Waals surface area contributed by atoms with E-state index in [1.807, 2.05) is 6.92 Å². The molecule has 10 heteroatoms. The molecule has 2 saturated carbocycles. The van der Waals surface area contributed by atoms with Gasteiger partial charge in [-0.1, -0.05) is 64.9 Å². The third-order valence-electron chi connectivity index (χ3n) is 12.8. The minimum Gasteiger partial charge on any atom is -0.378 e. The number of Topliss-reactive ketones (excluding diaryl/α,β-unsaturated/α-hetero) is 4. The average molecular weight is 732 g/mol. The SMILES string of the molecule is C=CCCC(=O)C(=O)[C@@H]1CCCCCCCO[C@@H](C)[C@H](CC(=O)CC2(CS(=O)(=O)C(C)(C)C)CCCCC2)C(=O)N2C[C@H]3[C@@H]([C@H]2C(=O)C1)C3(C)C. The number of carbonyl (C=O) groups excluding carboxylic acids is 5. The van der Waals surface area contributed by atoms with Crippen molar-refractivity contribution in [3.8, 4) is 0 Å². The van der Waals surface area contributed by atoms with E-state index in [1.165, 1.54) is 0 Å². The van der Waals surface area contributed by atoms with Crippen molar-refractivity contribution in [3.05, 3.63) is 12.7 Å². The van der Waals surface area contributed by atoms with E-state index in [2.05, 4.69) is 20.4 Å². The standard InChI is InChI=1S/C41H65NO8S/c1-8-9-19-33(44)37(46)29-18-14-11-10-12-17-22-50-28(2)31(38(47)42-26-32-35(40(32,6)7)36(42)34(45)23-29)24-30(43)25-41(20-15-13-16-21-41)27-51(48,49)39(3,4)5/h8,28-29,31-32,35-36H,1,9-27H2,2-7H3/t28-,29+,31-,32-,35-,36+/m0/s1. The first-order valence-corrected chi connectivity index (χ1v) is 21.4. The van der Waals surface area contributed by atoms with Crippen LogP contribution < -0.4 is 0 Å². The summed E-state index contributed by atoms with van der Waals surface area (Å²) in [6.45, 7) is 15.7. The minimum absolute atomic E-state index is 0.0446. The van der Waals surface area contributed by atoms with Crippen molar-refractivity contribution in [2.75, 3.05) is 18.9 Å². The number of nitrogens with zero attached hydrogens (tertiary/aromatic N) is 1. The molecule has 6 atom stereocenters. The summed E-state index contributed by atoms with van der Waals surface area (Å²) in [7, 11) is -3.49. The molecular formula is C41H65NO8S. The summed E-state index contributed by atoms with van der Waals surface area (Å²) in [4.78, 5) is 71.0. The Labute approximate surface area is 307 Å². The molecule has 9 nitrogen and oxygen atoms in total. The Morgan fingerprint density at radius 2 is 1.61 bits per heavy atom. The summed E-state index contributed by atoms with van der Waals surface area (Å²) >= 11 is 0. The highest BCUT2D eigenvalue weighted by Crippen LogP contribution is 2.65. The fourth-order valence-electron chi connectivity index (χ4n) is 9.26. The Hall–Kier alpha value is -2.20. The van der Waals surface area contributed by atoms with Crippen LogP contribution in [0.1, 0.15) is 144 Å². The van der Waals surface area contributed by atoms with Gasteiger partial charge in [-0.25, -0.2) is 8.42 Å². The smallest absolute Gasteiger partial charge is 0.229 e. The number of piperidine rings is 1. The Morgan fingerprint density at radius 1 is 0.980 bits per heavy atom. The highest BCUT2D eigenvalue weighted by atomic mass is 32.2. The third-order valence-corrected chi connectivity index (χ3v) is 15.7. The van der Waals surface area contributed by atoms with Crippen molar-refractivity contribution in [1.82, 2.24) is 4.90 Å². The van der Waals surface area contributed by atoms with Gasteiger partial charge in [-0.15, -0.1) is 6.58 Å². The molecule has 0 N–H and O–H groups in total. The first-order valence-electron chi connectivity index (χ1n) is 19.7. The normalized spacial score (nSPS) is 30.6. The lowest BCUT2D eigenvalue weighted by atomic mass is 9.71. The van der Waals surface area contributed by atoms with Gasteiger partial charge in [0.2, 0.25) is 11.7 Å². The van der Waals surface area contributed by atoms with Gasteiger partial charge in [0.05, 0.1) is 28.6 Å². The number of hydrogen-bond donors (Lipinski definition) is 0. The molecule has 4 aliphatic rings. The molecule has 288 valence electrons. The van der Waals surface area contributed by atoms with E-state index in [9.17, 15) is 32.4 Å². The van der Waals surface area contributed by atoms with Gasteiger partial charge in [0.1, 0.15) is 5.78 Å². The number of ketones is 4. The summed E-state index contributed by atoms with van der Waals surface area (Å²) in [5, 5.41) is 0. The highest BCUT2D eigenvalue weighted by Gasteiger charge is 2.69. The van der Waals surface area contributed by atoms with Crippen LogP contribution in [0, 0.1) is 34.5 Å². The van der Waals surface area contributed by atoms with Crippen LogP contribution in [0.3, 0.4) is 0 Å². The molecule has 4 rings (SSSR count). The van der Waals surface area contributed by atoms with Gasteiger partial charge in [0.25, 0.3) is 0 Å². The maximum atomic E-state index is 14.7. The van der Waals surface area contributed by atoms with Crippen LogP contribution in [0.15, 0.2) is 12.7 Å². The van der Waals surface area contributed by atoms with Crippen molar-refractivity contribution in [1.29, 1.82) is 0 Å². The molecular weight excluding hydrogens is 667 g/mol. The van der Waals surface area contributed by atoms with Crippen LogP contribution in [-0.2, 0) is 38.5 Å². The topological polar surface area (TPSA) is 132 Å². The van der Waals surface area contributed by atoms with Gasteiger partial charge in [0, 0.05) is 44.8 Å². The van der Waals surface area contributed by atoms with Crippen LogP contribution in [0.2, 0.25) is 0 Å². The monoisotopic (exact) mass is 731 g/mol. The van der Waals surface area contributed by atoms with Gasteiger partial charge in [0.15, 0.2) is 21.4 Å². The third kappa shape index (κ3) is 9.87. The molecule has 0 aromatic heterocycles. The molecule has 0 aromatic carbocycles. The van der Waals surface area contributed by atoms with Gasteiger partial charge >= 0.3 is 0 Å². The number of amides is 1. The number of carbonyl (C=O) groups is 5. The Bertz CT molecular complexity index is 1420. The number of allylic oxidation sites excluding steroid dienone is 1. The second-order valence-electron chi connectivity index (χ2n) is 18.0. The van der Waals surface area contributed by atoms with Crippen molar-refractivity contribution in [2.45, 2.75) is 161 Å². The summed E-state index contributed by atoms with van der Waals surface area (Å²) in [5.41, 5.74) is -0.800. The van der Waals surface area contributed by atoms with E-state index in [4.69, 9.17) is 4.74 Å². The lowest BCUT2D eigenvalue weighted by Crippen LogP contribution is -2.51. The Balaban J connectivity index is 1.61. The van der Waals surface area contributed by atoms with E-state index in [0.29, 0.717) is 38.8 Å². The molecule has 2 saturated heterocycles. The number of rotatable bonds is 11. The van der Waals surface area contributed by atoms with E-state index in [1.54, 1.807) is 31.7 Å². The summed E-state index contributed by atoms with van der Waals surface area (Å²) in [6.07, 6.45) is 10.2. The maximum Gasteiger partial charge on any atom is 0.229 e. The van der Waals surface area contributed by atoms with E-state index >= 15 is 0 Å². The molecule has 1 amide bonds. The molecule has 0 unspecified atom stereocenters. The molecule has 4 fully saturated rings. The molecule has 2 aliphatic heterocycles. The second-order valence-corrected chi connectivity index (χ2v) is 20.7. The summed E-state index contributed by atoms with van der Waals surface area (Å²) in [6, 6.07) is -0.726. The summed E-state index contributed by atoms with van der Waals surface area (Å²) in [5.74, 6) is -3.08. The average Bonchev–Trinajstić information content (AvgIpc) is 3.36. The fourth-order valence-corrected chi connectivity index (χ4v) is 10.9. The predicted molar refractivity (Wildman–Crippen MR) is 199 cm³/mol. The zero-order valence-electron chi connectivity index (χ0n) is 32.3. The highest BCUT2D eigenvalue weighted by molar-refractivity contribution is 7.92. The van der Waals surface area contributed by atoms with E-state index in [-0.39, 0.29) is 66.2 Å². The largest absolute Gasteiger partial charge is 0.378 e. The molecule has 0 bridgehead atoms. The first-order chi connectivity index (χ1) is 23.8. The van der Waals surface area contributed by atoms with Crippen molar-refractivity contribution in [2.24, 2.45) is 34.5 Å². The Morgan fingerprint density at radius 3 is 2.25 bits per heavy atom. The molecule has 0 aromatic rings. The molecule has 2 aliphatic carbocycles. The lowest BCUT2D eigenvalue weighted by Gasteiger charge is -2.39. The van der Waals surface area contributed by atoms with Crippen LogP contribution in [0.25, 0.3) is 0 Å². The van der Waals surface area contributed by atoms with E-state index in [0.717, 1.165) is 51.4 Å². The van der Waals surface area contributed by atoms with Gasteiger partial charge in [-0.05, 0) is 82.5 Å². The zero-order valence-corrected chi connectivity index (χ0v) is 33.1. The van der Waals surface area contributed by atoms with Crippen molar-refractivity contribution < 1.29 is 37.1 Å². The number of hydrogen-bond acceptors (Lipinski definition) is 8. The van der Waals surface area contributed by atoms with Gasteiger partial charge in [-0.2, -0.15) is 0 Å². The summed E-state index contributed by atoms with van der Waals surface area (Å²) < 4.78 is 32.2. The minimum atomic E-state index is -3.49. The molecule has 2 heterocycles. The lowest BCUT2D eigenvalue weighted by molar-refractivity contribution is -0.149. The molecule has 51 heavy (non-hydrogen) atoms. The predicted octanol–water partition coefficient (Wildman–Crippen LogP) is 7.04. The van der Waals surface area contributed by atoms with Gasteiger partial charge < -0.3 is 9.64 Å². The number of fused-ring (bicyclic) bond motifs is 3. The second kappa shape index (κ2) is 16.9. The van der Waals surface area contributed by atoms with Crippen LogP contribution in [0.5, 0.6) is 0 Å². The molecule has 0 radical (unpaired) electrons. The fraction of sp³-hybridized carbons (Fsp3) is 0.829. The quantitative estimate of drug-likeness (QED) is 0.163. The zero-order chi connectivity index (χ0) is 37.8. The van der Waals surface area contributed by atoms with E-state index < -0.39 is 55.5 Å². The number of sulfone groups is 1. The number of ether oxygens (including phenoxy) is 1. The van der Waals surface area contributed by atoms with Crippen LogP contribution in [0.4, 0.5) is 0 Å². The maximum absolute atomic E-state index is 14.7. The first kappa shape index (κ1) is 41.6. The van der Waals surface area contributed by atoms with Gasteiger partial charge in [-0.3, -0.25) is 24.0 Å². The van der Waals surface area contributed by atoms with Crippen molar-refractivity contribution in [3.63, 3.8) is 0 Å². The molecule has 0 spiro atoms. The van der Waals surface area contributed by atoms with Crippen molar-refractivity contribution >= 4 is 38.9 Å². The van der Waals surface area contributed by atoms with Crippen LogP contribution in [-0.4, -0.2) is 78.2 Å².